The molecule has 2 unspecified atom stereocenters. The molecule has 7 nitrogen and oxygen atoms in total. The predicted octanol–water partition coefficient (Wildman–Crippen LogP) is 5.44. The number of nitrogens with one attached hydrogen (secondary N) is 2. The molecule has 0 heterocycles. The molecule has 0 saturated heterocycles. The number of carbonyl (C=O) groups excluding carboxylic acids is 3. The van der Waals surface area contributed by atoms with Crippen LogP contribution in [-0.2, 0) is 14.3 Å². The molecule has 0 spiro atoms. The summed E-state index contributed by atoms with van der Waals surface area (Å²) >= 11 is 0. The second-order valence-electron chi connectivity index (χ2n) is 10.9. The molecule has 1 aromatic carbocycles. The zero-order chi connectivity index (χ0) is 26.8. The maximum absolute atomic E-state index is 13.6. The second-order valence-corrected chi connectivity index (χ2v) is 10.9. The lowest BCUT2D eigenvalue weighted by atomic mass is 9.96. The van der Waals surface area contributed by atoms with Crippen LogP contribution in [0.15, 0.2) is 18.2 Å². The van der Waals surface area contributed by atoms with Crippen LogP contribution in [0.2, 0.25) is 0 Å². The lowest BCUT2D eigenvalue weighted by Crippen LogP contribution is -2.51. The van der Waals surface area contributed by atoms with Crippen molar-refractivity contribution in [3.63, 3.8) is 0 Å². The summed E-state index contributed by atoms with van der Waals surface area (Å²) in [6.07, 6.45) is 2.83. The number of alkyl carbamates (subject to hydrolysis) is 1. The van der Waals surface area contributed by atoms with Gasteiger partial charge in [-0.1, -0.05) is 45.4 Å². The average Bonchev–Trinajstić information content (AvgIpc) is 2.75. The van der Waals surface area contributed by atoms with Crippen LogP contribution in [0.4, 0.5) is 4.79 Å². The number of benzene rings is 1. The minimum absolute atomic E-state index is 0.200. The number of hydrogen-bond donors (Lipinski definition) is 2. The molecule has 1 rings (SSSR count). The van der Waals surface area contributed by atoms with Crippen LogP contribution in [0.1, 0.15) is 96.9 Å². The average molecular weight is 490 g/mol. The highest BCUT2D eigenvalue weighted by molar-refractivity contribution is 5.90. The van der Waals surface area contributed by atoms with E-state index in [2.05, 4.69) is 31.4 Å². The first-order valence-electron chi connectivity index (χ1n) is 12.9. The fraction of sp³-hybridized carbons (Fsp3) is 0.679. The molecule has 0 fully saturated rings. The molecule has 0 aliphatic rings. The van der Waals surface area contributed by atoms with Crippen molar-refractivity contribution >= 4 is 17.9 Å². The summed E-state index contributed by atoms with van der Waals surface area (Å²) in [6, 6.07) is 4.89. The van der Waals surface area contributed by atoms with Gasteiger partial charge < -0.3 is 20.3 Å². The van der Waals surface area contributed by atoms with Gasteiger partial charge in [0.1, 0.15) is 18.2 Å². The molecule has 198 valence electrons. The summed E-state index contributed by atoms with van der Waals surface area (Å²) in [5.41, 5.74) is 2.28. The summed E-state index contributed by atoms with van der Waals surface area (Å²) in [5, 5.41) is 5.60. The lowest BCUT2D eigenvalue weighted by Gasteiger charge is -2.37. The van der Waals surface area contributed by atoms with E-state index in [9.17, 15) is 14.4 Å². The Morgan fingerprint density at radius 2 is 1.66 bits per heavy atom. The molecule has 0 aliphatic heterocycles. The van der Waals surface area contributed by atoms with E-state index in [-0.39, 0.29) is 24.4 Å². The van der Waals surface area contributed by atoms with E-state index < -0.39 is 17.7 Å². The van der Waals surface area contributed by atoms with E-state index in [1.807, 2.05) is 39.0 Å². The molecule has 2 N–H and O–H groups in total. The number of hydrogen-bond acceptors (Lipinski definition) is 4. The molecule has 0 aliphatic carbocycles. The van der Waals surface area contributed by atoms with Gasteiger partial charge in [0, 0.05) is 12.6 Å². The summed E-state index contributed by atoms with van der Waals surface area (Å²) in [5.74, 6) is -0.0579. The van der Waals surface area contributed by atoms with Crippen LogP contribution >= 0.6 is 0 Å². The largest absolute Gasteiger partial charge is 0.444 e. The van der Waals surface area contributed by atoms with Crippen molar-refractivity contribution in [2.45, 2.75) is 106 Å². The molecule has 3 amide bonds. The Morgan fingerprint density at radius 1 is 1.00 bits per heavy atom. The van der Waals surface area contributed by atoms with Crippen molar-refractivity contribution in [2.75, 3.05) is 13.1 Å². The number of nitrogens with zero attached hydrogens (tertiary/aromatic N) is 1. The SMILES string of the molecule is CCCCNC(=O)C(c1ccc(C)c(C)c1)N(C(=O)CNC(=O)OC(C)(C)C)C(C)CCC(C)C. The van der Waals surface area contributed by atoms with Crippen LogP contribution in [0.25, 0.3) is 0 Å². The quantitative estimate of drug-likeness (QED) is 0.383. The molecule has 1 aromatic rings. The Morgan fingerprint density at radius 3 is 2.20 bits per heavy atom. The zero-order valence-corrected chi connectivity index (χ0v) is 23.3. The highest BCUT2D eigenvalue weighted by Crippen LogP contribution is 2.28. The number of carbonyl (C=O) groups is 3. The van der Waals surface area contributed by atoms with Crippen LogP contribution in [0.3, 0.4) is 0 Å². The third kappa shape index (κ3) is 10.7. The van der Waals surface area contributed by atoms with Gasteiger partial charge in [0.15, 0.2) is 0 Å². The van der Waals surface area contributed by atoms with Gasteiger partial charge in [0.05, 0.1) is 0 Å². The van der Waals surface area contributed by atoms with Gasteiger partial charge in [0.2, 0.25) is 11.8 Å². The van der Waals surface area contributed by atoms with Crippen molar-refractivity contribution in [2.24, 2.45) is 5.92 Å². The van der Waals surface area contributed by atoms with Crippen molar-refractivity contribution in [1.29, 1.82) is 0 Å². The summed E-state index contributed by atoms with van der Waals surface area (Å²) < 4.78 is 5.29. The van der Waals surface area contributed by atoms with Gasteiger partial charge in [-0.25, -0.2) is 4.79 Å². The molecular weight excluding hydrogens is 442 g/mol. The fourth-order valence-corrected chi connectivity index (χ4v) is 3.77. The maximum Gasteiger partial charge on any atom is 0.408 e. The Kier molecular flexibility index (Phi) is 12.3. The molecule has 0 saturated carbocycles. The third-order valence-electron chi connectivity index (χ3n) is 5.91. The van der Waals surface area contributed by atoms with Crippen molar-refractivity contribution in [3.05, 3.63) is 34.9 Å². The molecule has 0 aromatic heterocycles. The number of aryl methyl sites for hydroxylation is 2. The normalized spacial score (nSPS) is 13.2. The third-order valence-corrected chi connectivity index (χ3v) is 5.91. The highest BCUT2D eigenvalue weighted by Gasteiger charge is 2.35. The first-order chi connectivity index (χ1) is 16.3. The molecule has 7 heteroatoms. The molecule has 0 bridgehead atoms. The van der Waals surface area contributed by atoms with Gasteiger partial charge in [-0.15, -0.1) is 0 Å². The summed E-state index contributed by atoms with van der Waals surface area (Å²) in [4.78, 5) is 40.9. The van der Waals surface area contributed by atoms with E-state index in [1.54, 1.807) is 25.7 Å². The Labute approximate surface area is 212 Å². The van der Waals surface area contributed by atoms with Gasteiger partial charge in [-0.05, 0) is 83.4 Å². The standard InChI is InChI=1S/C28H47N3O4/c1-10-11-16-29-26(33)25(23-15-13-20(4)21(5)17-23)31(22(6)14-12-19(2)3)24(32)18-30-27(34)35-28(7,8)9/h13,15,17,19,22,25H,10-12,14,16,18H2,1-9H3,(H,29,33)(H,30,34). The van der Waals surface area contributed by atoms with E-state index in [1.165, 1.54) is 0 Å². The van der Waals surface area contributed by atoms with E-state index in [4.69, 9.17) is 4.74 Å². The zero-order valence-electron chi connectivity index (χ0n) is 23.3. The Balaban J connectivity index is 3.34. The lowest BCUT2D eigenvalue weighted by molar-refractivity contribution is -0.142. The van der Waals surface area contributed by atoms with Crippen LogP contribution in [0.5, 0.6) is 0 Å². The monoisotopic (exact) mass is 489 g/mol. The van der Waals surface area contributed by atoms with E-state index >= 15 is 0 Å². The second kappa shape index (κ2) is 14.1. The van der Waals surface area contributed by atoms with Crippen LogP contribution < -0.4 is 10.6 Å². The topological polar surface area (TPSA) is 87.7 Å². The minimum atomic E-state index is -0.791. The van der Waals surface area contributed by atoms with Gasteiger partial charge in [-0.3, -0.25) is 9.59 Å². The smallest absolute Gasteiger partial charge is 0.408 e. The summed E-state index contributed by atoms with van der Waals surface area (Å²) in [7, 11) is 0. The fourth-order valence-electron chi connectivity index (χ4n) is 3.77. The summed E-state index contributed by atoms with van der Waals surface area (Å²) in [6.45, 7) is 18.0. The predicted molar refractivity (Wildman–Crippen MR) is 141 cm³/mol. The van der Waals surface area contributed by atoms with E-state index in [0.29, 0.717) is 12.5 Å². The van der Waals surface area contributed by atoms with Crippen molar-refractivity contribution in [1.82, 2.24) is 15.5 Å². The highest BCUT2D eigenvalue weighted by atomic mass is 16.6. The first kappa shape index (κ1) is 30.5. The van der Waals surface area contributed by atoms with Gasteiger partial charge in [-0.2, -0.15) is 0 Å². The van der Waals surface area contributed by atoms with Crippen molar-refractivity contribution in [3.8, 4) is 0 Å². The minimum Gasteiger partial charge on any atom is -0.444 e. The molecular formula is C28H47N3O4. The number of unbranched alkanes of at least 4 members (excludes halogenated alkanes) is 1. The van der Waals surface area contributed by atoms with E-state index in [0.717, 1.165) is 42.4 Å². The number of amides is 3. The van der Waals surface area contributed by atoms with Gasteiger partial charge in [0.25, 0.3) is 0 Å². The Bertz CT molecular complexity index is 845. The number of ether oxygens (including phenoxy) is 1. The van der Waals surface area contributed by atoms with Gasteiger partial charge >= 0.3 is 6.09 Å². The number of rotatable bonds is 12. The molecule has 35 heavy (non-hydrogen) atoms. The van der Waals surface area contributed by atoms with Crippen LogP contribution in [0, 0.1) is 19.8 Å². The van der Waals surface area contributed by atoms with Crippen molar-refractivity contribution < 1.29 is 19.1 Å². The molecule has 0 radical (unpaired) electrons. The van der Waals surface area contributed by atoms with Crippen LogP contribution in [-0.4, -0.2) is 47.5 Å². The Hall–Kier alpha value is -2.57. The first-order valence-corrected chi connectivity index (χ1v) is 12.9. The maximum atomic E-state index is 13.6. The molecule has 2 atom stereocenters.